The Morgan fingerprint density at radius 1 is 1.56 bits per heavy atom. The van der Waals surface area contributed by atoms with Crippen molar-refractivity contribution in [1.82, 2.24) is 9.88 Å². The van der Waals surface area contributed by atoms with E-state index in [2.05, 4.69) is 4.98 Å². The molecule has 0 bridgehead atoms. The van der Waals surface area contributed by atoms with Crippen LogP contribution in [-0.2, 0) is 11.3 Å². The van der Waals surface area contributed by atoms with Gasteiger partial charge >= 0.3 is 0 Å². The van der Waals surface area contributed by atoms with Crippen LogP contribution in [0.15, 0.2) is 30.6 Å². The van der Waals surface area contributed by atoms with E-state index >= 15 is 0 Å². The Labute approximate surface area is 149 Å². The molecule has 132 valence electrons. The maximum atomic E-state index is 13.0. The molecule has 2 aromatic heterocycles. The molecule has 1 unspecified atom stereocenters. The monoisotopic (exact) mass is 361 g/mol. The first-order valence-electron chi connectivity index (χ1n) is 8.09. The third-order valence-electron chi connectivity index (χ3n) is 4.13. The van der Waals surface area contributed by atoms with Gasteiger partial charge < -0.3 is 9.64 Å². The molecule has 1 amide bonds. The minimum absolute atomic E-state index is 0.00760. The summed E-state index contributed by atoms with van der Waals surface area (Å²) in [5.41, 5.74) is 0.906. The summed E-state index contributed by atoms with van der Waals surface area (Å²) in [7, 11) is 0. The average molecular weight is 361 g/mol. The van der Waals surface area contributed by atoms with Crippen LogP contribution >= 0.6 is 11.3 Å². The Hall–Kier alpha value is -2.32. The van der Waals surface area contributed by atoms with Gasteiger partial charge in [0.1, 0.15) is 0 Å². The van der Waals surface area contributed by atoms with E-state index in [0.29, 0.717) is 29.5 Å². The molecule has 1 atom stereocenters. The van der Waals surface area contributed by atoms with E-state index in [1.165, 1.54) is 6.07 Å². The Kier molecular flexibility index (Phi) is 5.40. The molecule has 0 radical (unpaired) electrons. The second kappa shape index (κ2) is 7.71. The lowest BCUT2D eigenvalue weighted by molar-refractivity contribution is -0.385. The van der Waals surface area contributed by atoms with Crippen LogP contribution in [0.2, 0.25) is 0 Å². The van der Waals surface area contributed by atoms with Crippen LogP contribution in [0.1, 0.15) is 33.0 Å². The number of nitrogens with zero attached hydrogens (tertiary/aromatic N) is 3. The zero-order chi connectivity index (χ0) is 17.8. The smallest absolute Gasteiger partial charge is 0.283 e. The number of pyridine rings is 1. The second-order valence-electron chi connectivity index (χ2n) is 5.99. The van der Waals surface area contributed by atoms with Crippen LogP contribution in [0.25, 0.3) is 0 Å². The summed E-state index contributed by atoms with van der Waals surface area (Å²) < 4.78 is 5.66. The van der Waals surface area contributed by atoms with Gasteiger partial charge in [-0.1, -0.05) is 6.07 Å². The Bertz CT molecular complexity index is 757. The topological polar surface area (TPSA) is 85.6 Å². The van der Waals surface area contributed by atoms with Crippen molar-refractivity contribution < 1.29 is 14.5 Å². The number of rotatable bonds is 6. The van der Waals surface area contributed by atoms with Crippen molar-refractivity contribution in [1.29, 1.82) is 0 Å². The van der Waals surface area contributed by atoms with Gasteiger partial charge in [0.2, 0.25) is 0 Å². The third kappa shape index (κ3) is 4.21. The predicted octanol–water partition coefficient (Wildman–Crippen LogP) is 3.18. The lowest BCUT2D eigenvalue weighted by Gasteiger charge is -2.25. The molecule has 2 aromatic rings. The van der Waals surface area contributed by atoms with Gasteiger partial charge in [0, 0.05) is 38.2 Å². The van der Waals surface area contributed by atoms with Gasteiger partial charge in [-0.2, -0.15) is 0 Å². The number of aryl methyl sites for hydroxylation is 1. The molecule has 7 nitrogen and oxygen atoms in total. The highest BCUT2D eigenvalue weighted by Crippen LogP contribution is 2.29. The summed E-state index contributed by atoms with van der Waals surface area (Å²) >= 11 is 1.16. The first-order valence-corrected chi connectivity index (χ1v) is 8.91. The summed E-state index contributed by atoms with van der Waals surface area (Å²) in [6.07, 6.45) is 5.32. The van der Waals surface area contributed by atoms with Crippen LogP contribution in [-0.4, -0.2) is 40.0 Å². The maximum absolute atomic E-state index is 13.0. The SMILES string of the molecule is Cc1sc(C(=O)N(Cc2cccnc2)CC2CCCO2)cc1[N+](=O)[O-]. The predicted molar refractivity (Wildman–Crippen MR) is 93.7 cm³/mol. The Balaban J connectivity index is 1.82. The molecular formula is C17H19N3O4S. The third-order valence-corrected chi connectivity index (χ3v) is 5.16. The second-order valence-corrected chi connectivity index (χ2v) is 7.25. The molecule has 0 N–H and O–H groups in total. The van der Waals surface area contributed by atoms with Gasteiger partial charge in [0.15, 0.2) is 0 Å². The van der Waals surface area contributed by atoms with Crippen molar-refractivity contribution in [2.24, 2.45) is 0 Å². The standard InChI is InChI=1S/C17H19N3O4S/c1-12-15(20(22)23)8-16(25-12)17(21)19(11-14-5-3-7-24-14)10-13-4-2-6-18-9-13/h2,4,6,8-9,14H,3,5,7,10-11H2,1H3. The van der Waals surface area contributed by atoms with Gasteiger partial charge in [-0.05, 0) is 31.4 Å². The molecule has 1 aliphatic heterocycles. The number of hydrogen-bond donors (Lipinski definition) is 0. The summed E-state index contributed by atoms with van der Waals surface area (Å²) in [5, 5.41) is 11.1. The van der Waals surface area contributed by atoms with E-state index in [9.17, 15) is 14.9 Å². The van der Waals surface area contributed by atoms with Crippen LogP contribution in [0.5, 0.6) is 0 Å². The number of carbonyl (C=O) groups is 1. The lowest BCUT2D eigenvalue weighted by atomic mass is 10.2. The van der Waals surface area contributed by atoms with Crippen molar-refractivity contribution in [3.05, 3.63) is 56.0 Å². The highest BCUT2D eigenvalue weighted by atomic mass is 32.1. The number of carbonyl (C=O) groups excluding carboxylic acids is 1. The van der Waals surface area contributed by atoms with Crippen molar-refractivity contribution in [2.45, 2.75) is 32.4 Å². The number of nitro groups is 1. The normalized spacial score (nSPS) is 16.8. The van der Waals surface area contributed by atoms with Crippen LogP contribution in [0, 0.1) is 17.0 Å². The van der Waals surface area contributed by atoms with E-state index in [1.54, 1.807) is 24.2 Å². The van der Waals surface area contributed by atoms with Gasteiger partial charge in [0.25, 0.3) is 11.6 Å². The minimum Gasteiger partial charge on any atom is -0.376 e. The summed E-state index contributed by atoms with van der Waals surface area (Å²) in [4.78, 5) is 30.3. The van der Waals surface area contributed by atoms with Crippen LogP contribution in [0.4, 0.5) is 5.69 Å². The number of hydrogen-bond acceptors (Lipinski definition) is 6. The first kappa shape index (κ1) is 17.5. The Morgan fingerprint density at radius 2 is 2.40 bits per heavy atom. The highest BCUT2D eigenvalue weighted by molar-refractivity contribution is 7.14. The number of aromatic nitrogens is 1. The summed E-state index contributed by atoms with van der Waals surface area (Å²) in [5.74, 6) is -0.208. The maximum Gasteiger partial charge on any atom is 0.283 e. The molecular weight excluding hydrogens is 342 g/mol. The fourth-order valence-corrected chi connectivity index (χ4v) is 3.84. The van der Waals surface area contributed by atoms with Crippen LogP contribution < -0.4 is 0 Å². The molecule has 0 aliphatic carbocycles. The summed E-state index contributed by atoms with van der Waals surface area (Å²) in [6, 6.07) is 5.10. The fraction of sp³-hybridized carbons (Fsp3) is 0.412. The molecule has 3 heterocycles. The number of thiophene rings is 1. The van der Waals surface area contributed by atoms with Crippen molar-refractivity contribution in [3.63, 3.8) is 0 Å². The van der Waals surface area contributed by atoms with Crippen LogP contribution in [0.3, 0.4) is 0 Å². The van der Waals surface area contributed by atoms with Crippen molar-refractivity contribution in [3.8, 4) is 0 Å². The number of amides is 1. The molecule has 0 aromatic carbocycles. The van der Waals surface area contributed by atoms with Crippen molar-refractivity contribution >= 4 is 22.9 Å². The first-order chi connectivity index (χ1) is 12.0. The van der Waals surface area contributed by atoms with Crippen molar-refractivity contribution in [2.75, 3.05) is 13.2 Å². The largest absolute Gasteiger partial charge is 0.376 e. The highest BCUT2D eigenvalue weighted by Gasteiger charge is 2.27. The summed E-state index contributed by atoms with van der Waals surface area (Å²) in [6.45, 7) is 3.24. The van der Waals surface area contributed by atoms with E-state index in [4.69, 9.17) is 4.74 Å². The molecule has 1 saturated heterocycles. The fourth-order valence-electron chi connectivity index (χ4n) is 2.88. The quantitative estimate of drug-likeness (QED) is 0.583. The van der Waals surface area contributed by atoms with E-state index in [0.717, 1.165) is 29.7 Å². The average Bonchev–Trinajstić information content (AvgIpc) is 3.24. The van der Waals surface area contributed by atoms with E-state index < -0.39 is 4.92 Å². The minimum atomic E-state index is -0.450. The molecule has 0 saturated carbocycles. The molecule has 1 fully saturated rings. The van der Waals surface area contributed by atoms with E-state index in [-0.39, 0.29) is 17.7 Å². The lowest BCUT2D eigenvalue weighted by Crippen LogP contribution is -2.36. The Morgan fingerprint density at radius 3 is 3.00 bits per heavy atom. The molecule has 25 heavy (non-hydrogen) atoms. The van der Waals surface area contributed by atoms with Gasteiger partial charge in [-0.15, -0.1) is 11.3 Å². The number of ether oxygens (including phenoxy) is 1. The van der Waals surface area contributed by atoms with Gasteiger partial charge in [-0.25, -0.2) is 0 Å². The molecule has 8 heteroatoms. The zero-order valence-corrected chi connectivity index (χ0v) is 14.7. The molecule has 1 aliphatic rings. The van der Waals surface area contributed by atoms with Gasteiger partial charge in [-0.3, -0.25) is 19.9 Å². The van der Waals surface area contributed by atoms with E-state index in [1.807, 2.05) is 12.1 Å². The zero-order valence-electron chi connectivity index (χ0n) is 13.9. The molecule has 0 spiro atoms. The van der Waals surface area contributed by atoms with Gasteiger partial charge in [0.05, 0.1) is 20.8 Å². The molecule has 3 rings (SSSR count).